The van der Waals surface area contributed by atoms with Crippen molar-refractivity contribution in [1.82, 2.24) is 14.9 Å². The van der Waals surface area contributed by atoms with Crippen LogP contribution in [0.3, 0.4) is 0 Å². The molecule has 0 radical (unpaired) electrons. The summed E-state index contributed by atoms with van der Waals surface area (Å²) in [6, 6.07) is 2.58. The number of fused-ring (bicyclic) bond motifs is 1. The summed E-state index contributed by atoms with van der Waals surface area (Å²) in [5, 5.41) is 2.02. The molecule has 1 aliphatic carbocycles. The number of hydrogen-bond donors (Lipinski definition) is 0. The Kier molecular flexibility index (Phi) is 5.76. The van der Waals surface area contributed by atoms with Gasteiger partial charge in [0.25, 0.3) is 0 Å². The van der Waals surface area contributed by atoms with E-state index in [-0.39, 0.29) is 5.91 Å². The average molecular weight is 364 g/mol. The van der Waals surface area contributed by atoms with E-state index in [0.717, 1.165) is 40.4 Å². The highest BCUT2D eigenvalue weighted by Gasteiger charge is 2.25. The van der Waals surface area contributed by atoms with Gasteiger partial charge < -0.3 is 4.90 Å². The summed E-state index contributed by atoms with van der Waals surface area (Å²) in [6.45, 7) is 4.45. The summed E-state index contributed by atoms with van der Waals surface area (Å²) in [5.74, 6) is 1.46. The van der Waals surface area contributed by atoms with Gasteiger partial charge in [-0.25, -0.2) is 9.97 Å². The Morgan fingerprint density at radius 3 is 2.79 bits per heavy atom. The number of carbonyl (C=O) groups excluding carboxylic acids is 1. The molecule has 0 saturated heterocycles. The summed E-state index contributed by atoms with van der Waals surface area (Å²) in [5.41, 5.74) is 0. The lowest BCUT2D eigenvalue weighted by molar-refractivity contribution is -0.129. The number of rotatable bonds is 5. The topological polar surface area (TPSA) is 46.1 Å². The fraction of sp³-hybridized carbons (Fsp3) is 0.611. The number of nitrogens with zero attached hydrogens (tertiary/aromatic N) is 3. The van der Waals surface area contributed by atoms with E-state index in [1.807, 2.05) is 11.9 Å². The van der Waals surface area contributed by atoms with Crippen LogP contribution in [0.5, 0.6) is 0 Å². The maximum Gasteiger partial charge on any atom is 0.232 e. The van der Waals surface area contributed by atoms with Crippen molar-refractivity contribution in [2.24, 2.45) is 5.92 Å². The predicted molar refractivity (Wildman–Crippen MR) is 102 cm³/mol. The lowest BCUT2D eigenvalue weighted by Gasteiger charge is -2.33. The van der Waals surface area contributed by atoms with Crippen LogP contribution in [-0.2, 0) is 11.2 Å². The van der Waals surface area contributed by atoms with Gasteiger partial charge in [-0.1, -0.05) is 25.6 Å². The molecule has 4 nitrogen and oxygen atoms in total. The number of carbonyl (C=O) groups is 1. The van der Waals surface area contributed by atoms with Gasteiger partial charge in [-0.2, -0.15) is 0 Å². The molecule has 6 heteroatoms. The highest BCUT2D eigenvalue weighted by Crippen LogP contribution is 2.31. The fourth-order valence-electron chi connectivity index (χ4n) is 3.24. The van der Waals surface area contributed by atoms with E-state index < -0.39 is 0 Å². The zero-order valence-electron chi connectivity index (χ0n) is 14.6. The lowest BCUT2D eigenvalue weighted by Crippen LogP contribution is -2.40. The van der Waals surface area contributed by atoms with Gasteiger partial charge in [0.05, 0.1) is 5.75 Å². The number of amides is 1. The molecular formula is C18H25N3OS2. The second-order valence-corrected chi connectivity index (χ2v) is 8.75. The lowest BCUT2D eigenvalue weighted by atomic mass is 9.87. The van der Waals surface area contributed by atoms with E-state index in [4.69, 9.17) is 0 Å². The number of aryl methyl sites for hydroxylation is 1. The van der Waals surface area contributed by atoms with Crippen LogP contribution in [0.25, 0.3) is 10.2 Å². The van der Waals surface area contributed by atoms with Gasteiger partial charge in [0.1, 0.15) is 16.2 Å². The molecular weight excluding hydrogens is 338 g/mol. The molecule has 3 rings (SSSR count). The Bertz CT molecular complexity index is 707. The van der Waals surface area contributed by atoms with Gasteiger partial charge in [0.15, 0.2) is 0 Å². The molecule has 0 aromatic carbocycles. The summed E-state index contributed by atoms with van der Waals surface area (Å²) in [6.07, 6.45) is 7.35. The van der Waals surface area contributed by atoms with Gasteiger partial charge in [0.2, 0.25) is 5.91 Å². The monoisotopic (exact) mass is 363 g/mol. The quantitative estimate of drug-likeness (QED) is 0.584. The van der Waals surface area contributed by atoms with E-state index in [1.54, 1.807) is 17.7 Å². The van der Waals surface area contributed by atoms with E-state index in [1.165, 1.54) is 29.5 Å². The van der Waals surface area contributed by atoms with Crippen molar-refractivity contribution in [3.63, 3.8) is 0 Å². The first-order chi connectivity index (χ1) is 11.6. The van der Waals surface area contributed by atoms with E-state index >= 15 is 0 Å². The molecule has 1 amide bonds. The molecule has 0 unspecified atom stereocenters. The summed E-state index contributed by atoms with van der Waals surface area (Å²) in [4.78, 5) is 25.6. The summed E-state index contributed by atoms with van der Waals surface area (Å²) >= 11 is 3.25. The number of aromatic nitrogens is 2. The van der Waals surface area contributed by atoms with Crippen molar-refractivity contribution in [3.05, 3.63) is 17.3 Å². The minimum Gasteiger partial charge on any atom is -0.342 e. The van der Waals surface area contributed by atoms with Crippen molar-refractivity contribution in [2.75, 3.05) is 12.8 Å². The molecule has 2 heterocycles. The predicted octanol–water partition coefficient (Wildman–Crippen LogP) is 4.38. The Morgan fingerprint density at radius 2 is 2.08 bits per heavy atom. The summed E-state index contributed by atoms with van der Waals surface area (Å²) < 4.78 is 0. The molecule has 1 fully saturated rings. The molecule has 1 aliphatic rings. The van der Waals surface area contributed by atoms with Crippen LogP contribution in [0.2, 0.25) is 0 Å². The molecule has 2 aromatic rings. The van der Waals surface area contributed by atoms with Crippen LogP contribution in [-0.4, -0.2) is 39.6 Å². The van der Waals surface area contributed by atoms with Gasteiger partial charge in [-0.3, -0.25) is 4.79 Å². The van der Waals surface area contributed by atoms with Gasteiger partial charge in [-0.15, -0.1) is 11.3 Å². The van der Waals surface area contributed by atoms with Crippen molar-refractivity contribution in [1.29, 1.82) is 0 Å². The first kappa shape index (κ1) is 17.7. The smallest absolute Gasteiger partial charge is 0.232 e. The minimum atomic E-state index is 0.206. The van der Waals surface area contributed by atoms with Crippen LogP contribution >= 0.6 is 23.1 Å². The average Bonchev–Trinajstić information content (AvgIpc) is 3.03. The SMILES string of the molecule is CCc1cc2c(SCC(=O)N(C)C3CCC(C)CC3)ncnc2s1. The standard InChI is InChI=1S/C18H25N3OS2/c1-4-14-9-15-17(19-11-20-18(15)24-14)23-10-16(22)21(3)13-7-5-12(2)6-8-13/h9,11-13H,4-8,10H2,1-3H3. The van der Waals surface area contributed by atoms with Crippen LogP contribution in [0, 0.1) is 5.92 Å². The van der Waals surface area contributed by atoms with E-state index in [9.17, 15) is 4.79 Å². The first-order valence-electron chi connectivity index (χ1n) is 8.70. The maximum absolute atomic E-state index is 12.6. The number of thiophene rings is 1. The molecule has 0 bridgehead atoms. The van der Waals surface area contributed by atoms with Crippen LogP contribution in [0.1, 0.15) is 44.4 Å². The highest BCUT2D eigenvalue weighted by atomic mass is 32.2. The largest absolute Gasteiger partial charge is 0.342 e. The van der Waals surface area contributed by atoms with E-state index in [2.05, 4.69) is 29.9 Å². The molecule has 0 N–H and O–H groups in total. The van der Waals surface area contributed by atoms with Crippen molar-refractivity contribution in [2.45, 2.75) is 57.0 Å². The van der Waals surface area contributed by atoms with Crippen LogP contribution < -0.4 is 0 Å². The Morgan fingerprint density at radius 1 is 1.33 bits per heavy atom. The molecule has 24 heavy (non-hydrogen) atoms. The normalized spacial score (nSPS) is 21.1. The third kappa shape index (κ3) is 3.91. The number of hydrogen-bond acceptors (Lipinski definition) is 5. The van der Waals surface area contributed by atoms with Crippen molar-refractivity contribution in [3.8, 4) is 0 Å². The van der Waals surface area contributed by atoms with Crippen LogP contribution in [0.15, 0.2) is 17.4 Å². The van der Waals surface area contributed by atoms with E-state index in [0.29, 0.717) is 11.8 Å². The van der Waals surface area contributed by atoms with Crippen molar-refractivity contribution < 1.29 is 4.79 Å². The van der Waals surface area contributed by atoms with Gasteiger partial charge in [0, 0.05) is 23.4 Å². The number of thioether (sulfide) groups is 1. The third-order valence-electron chi connectivity index (χ3n) is 4.95. The maximum atomic E-state index is 12.6. The molecule has 0 spiro atoms. The Balaban J connectivity index is 1.63. The Labute approximate surface area is 152 Å². The first-order valence-corrected chi connectivity index (χ1v) is 10.5. The third-order valence-corrected chi connectivity index (χ3v) is 7.13. The van der Waals surface area contributed by atoms with Gasteiger partial charge in [-0.05, 0) is 44.1 Å². The summed E-state index contributed by atoms with van der Waals surface area (Å²) in [7, 11) is 1.96. The zero-order valence-corrected chi connectivity index (χ0v) is 16.3. The van der Waals surface area contributed by atoms with Crippen LogP contribution in [0.4, 0.5) is 0 Å². The molecule has 1 saturated carbocycles. The molecule has 0 atom stereocenters. The highest BCUT2D eigenvalue weighted by molar-refractivity contribution is 8.00. The second kappa shape index (κ2) is 7.83. The van der Waals surface area contributed by atoms with Gasteiger partial charge >= 0.3 is 0 Å². The second-order valence-electron chi connectivity index (χ2n) is 6.67. The molecule has 130 valence electrons. The minimum absolute atomic E-state index is 0.206. The van der Waals surface area contributed by atoms with Crippen molar-refractivity contribution >= 4 is 39.2 Å². The fourth-order valence-corrected chi connectivity index (χ4v) is 5.13. The zero-order chi connectivity index (χ0) is 17.1. The molecule has 0 aliphatic heterocycles. The molecule has 2 aromatic heterocycles. The Hall–Kier alpha value is -1.14.